The van der Waals surface area contributed by atoms with E-state index in [0.29, 0.717) is 23.2 Å². The van der Waals surface area contributed by atoms with E-state index in [1.165, 1.54) is 23.9 Å². The first kappa shape index (κ1) is 24.1. The second-order valence-electron chi connectivity index (χ2n) is 7.86. The summed E-state index contributed by atoms with van der Waals surface area (Å²) in [5, 5.41) is 18.3. The molecular weight excluding hydrogens is 463 g/mol. The fraction of sp³-hybridized carbons (Fsp3) is 0.192. The third-order valence-corrected chi connectivity index (χ3v) is 6.45. The van der Waals surface area contributed by atoms with Gasteiger partial charge < -0.3 is 4.90 Å². The number of pyridine rings is 1. The van der Waals surface area contributed by atoms with Gasteiger partial charge in [-0.3, -0.25) is 14.3 Å². The molecule has 176 valence electrons. The Kier molecular flexibility index (Phi) is 7.53. The molecule has 2 heterocycles. The number of carbonyl (C=O) groups excluding carboxylic acids is 1. The number of aryl methyl sites for hydroxylation is 2. The Hall–Kier alpha value is -4.03. The minimum atomic E-state index is -0.349. The van der Waals surface area contributed by atoms with Crippen molar-refractivity contribution in [2.24, 2.45) is 0 Å². The van der Waals surface area contributed by atoms with Gasteiger partial charge >= 0.3 is 0 Å². The first-order valence-corrected chi connectivity index (χ1v) is 12.0. The average Bonchev–Trinajstić information content (AvgIpc) is 3.30. The number of nitrogens with zero attached hydrogens (tertiary/aromatic N) is 6. The minimum absolute atomic E-state index is 0.0913. The van der Waals surface area contributed by atoms with E-state index < -0.39 is 0 Å². The lowest BCUT2D eigenvalue weighted by Crippen LogP contribution is -2.33. The first-order valence-electron chi connectivity index (χ1n) is 11.0. The lowest BCUT2D eigenvalue weighted by atomic mass is 10.1. The van der Waals surface area contributed by atoms with Crippen LogP contribution in [0.5, 0.6) is 0 Å². The molecule has 0 spiro atoms. The molecule has 1 amide bonds. The van der Waals surface area contributed by atoms with Crippen molar-refractivity contribution in [3.05, 3.63) is 83.9 Å². The van der Waals surface area contributed by atoms with Crippen LogP contribution >= 0.6 is 11.8 Å². The number of amides is 1. The molecule has 0 unspecified atom stereocenters. The highest BCUT2D eigenvalue weighted by Crippen LogP contribution is 2.29. The molecule has 0 aliphatic rings. The van der Waals surface area contributed by atoms with Crippen LogP contribution < -0.4 is 4.90 Å². The molecule has 4 rings (SSSR count). The van der Waals surface area contributed by atoms with Gasteiger partial charge in [-0.2, -0.15) is 5.26 Å². The maximum atomic E-state index is 13.6. The zero-order valence-electron chi connectivity index (χ0n) is 19.3. The quantitative estimate of drug-likeness (QED) is 0.321. The Bertz CT molecular complexity index is 1370. The Morgan fingerprint density at radius 3 is 2.49 bits per heavy atom. The number of hydrogen-bond donors (Lipinski definition) is 0. The number of halogens is 1. The molecule has 0 saturated carbocycles. The van der Waals surface area contributed by atoms with Crippen LogP contribution in [-0.4, -0.2) is 38.0 Å². The number of thioether (sulfide) groups is 1. The standard InChI is InChI=1S/C26H23FN6OS/c1-18-4-7-23(16-19(18)2)32(15-3-12-28)24(34)17-35-26-31-30-25(20-10-13-29-14-11-20)33(26)22-8-5-21(27)6-9-22/h4-11,13-14,16H,3,15,17H2,1-2H3. The van der Waals surface area contributed by atoms with Gasteiger partial charge in [0.15, 0.2) is 11.0 Å². The van der Waals surface area contributed by atoms with Crippen molar-refractivity contribution >= 4 is 23.4 Å². The van der Waals surface area contributed by atoms with Gasteiger partial charge in [0.2, 0.25) is 5.91 Å². The summed E-state index contributed by atoms with van der Waals surface area (Å²) in [4.78, 5) is 18.9. The molecule has 9 heteroatoms. The lowest BCUT2D eigenvalue weighted by molar-refractivity contribution is -0.116. The molecular formula is C26H23FN6OS. The van der Waals surface area contributed by atoms with E-state index in [1.54, 1.807) is 34.0 Å². The first-order chi connectivity index (χ1) is 17.0. The predicted molar refractivity (Wildman–Crippen MR) is 134 cm³/mol. The highest BCUT2D eigenvalue weighted by atomic mass is 32.2. The summed E-state index contributed by atoms with van der Waals surface area (Å²) in [5.41, 5.74) is 4.43. The van der Waals surface area contributed by atoms with Crippen molar-refractivity contribution in [1.29, 1.82) is 5.26 Å². The third-order valence-electron chi connectivity index (χ3n) is 5.53. The molecule has 4 aromatic rings. The topological polar surface area (TPSA) is 87.7 Å². The summed E-state index contributed by atoms with van der Waals surface area (Å²) in [7, 11) is 0. The maximum absolute atomic E-state index is 13.6. The summed E-state index contributed by atoms with van der Waals surface area (Å²) < 4.78 is 15.4. The highest BCUT2D eigenvalue weighted by molar-refractivity contribution is 7.99. The van der Waals surface area contributed by atoms with Gasteiger partial charge in [0.25, 0.3) is 0 Å². The van der Waals surface area contributed by atoms with Gasteiger partial charge in [-0.1, -0.05) is 17.8 Å². The largest absolute Gasteiger partial charge is 0.311 e. The van der Waals surface area contributed by atoms with E-state index >= 15 is 0 Å². The molecule has 0 radical (unpaired) electrons. The third kappa shape index (κ3) is 5.55. The molecule has 0 aliphatic carbocycles. The van der Waals surface area contributed by atoms with Crippen molar-refractivity contribution in [3.63, 3.8) is 0 Å². The Balaban J connectivity index is 1.63. The monoisotopic (exact) mass is 486 g/mol. The van der Waals surface area contributed by atoms with Crippen LogP contribution in [0.2, 0.25) is 0 Å². The molecule has 0 bridgehead atoms. The number of benzene rings is 2. The van der Waals surface area contributed by atoms with E-state index in [-0.39, 0.29) is 23.9 Å². The Labute approximate surface area is 207 Å². The van der Waals surface area contributed by atoms with Crippen LogP contribution in [0, 0.1) is 31.0 Å². The summed E-state index contributed by atoms with van der Waals surface area (Å²) >= 11 is 1.24. The van der Waals surface area contributed by atoms with Crippen LogP contribution in [0.15, 0.2) is 72.1 Å². The van der Waals surface area contributed by atoms with E-state index in [0.717, 1.165) is 22.4 Å². The molecule has 0 fully saturated rings. The van der Waals surface area contributed by atoms with Crippen LogP contribution in [-0.2, 0) is 4.79 Å². The zero-order chi connectivity index (χ0) is 24.8. The van der Waals surface area contributed by atoms with E-state index in [1.807, 2.05) is 44.2 Å². The van der Waals surface area contributed by atoms with Crippen LogP contribution in [0.3, 0.4) is 0 Å². The summed E-state index contributed by atoms with van der Waals surface area (Å²) in [6.45, 7) is 4.30. The molecule has 0 N–H and O–H groups in total. The van der Waals surface area contributed by atoms with Crippen LogP contribution in [0.25, 0.3) is 17.1 Å². The maximum Gasteiger partial charge on any atom is 0.237 e. The number of hydrogen-bond acceptors (Lipinski definition) is 6. The molecule has 7 nitrogen and oxygen atoms in total. The molecule has 0 aliphatic heterocycles. The normalized spacial score (nSPS) is 10.7. The van der Waals surface area contributed by atoms with Crippen LogP contribution in [0.1, 0.15) is 17.5 Å². The minimum Gasteiger partial charge on any atom is -0.311 e. The van der Waals surface area contributed by atoms with Crippen molar-refractivity contribution in [2.45, 2.75) is 25.4 Å². The SMILES string of the molecule is Cc1ccc(N(CCC#N)C(=O)CSc2nnc(-c3ccncc3)n2-c2ccc(F)cc2)cc1C. The fourth-order valence-electron chi connectivity index (χ4n) is 3.53. The molecule has 2 aromatic heterocycles. The van der Waals surface area contributed by atoms with Crippen molar-refractivity contribution in [3.8, 4) is 23.1 Å². The molecule has 35 heavy (non-hydrogen) atoms. The van der Waals surface area contributed by atoms with Gasteiger partial charge in [0.1, 0.15) is 5.82 Å². The van der Waals surface area contributed by atoms with Gasteiger partial charge in [-0.25, -0.2) is 4.39 Å². The fourth-order valence-corrected chi connectivity index (χ4v) is 4.36. The summed E-state index contributed by atoms with van der Waals surface area (Å²) in [6.07, 6.45) is 3.54. The molecule has 0 saturated heterocycles. The van der Waals surface area contributed by atoms with Crippen molar-refractivity contribution < 1.29 is 9.18 Å². The van der Waals surface area contributed by atoms with E-state index in [4.69, 9.17) is 5.26 Å². The molecule has 2 aromatic carbocycles. The highest BCUT2D eigenvalue weighted by Gasteiger charge is 2.21. The van der Waals surface area contributed by atoms with Gasteiger partial charge in [0.05, 0.1) is 18.2 Å². The lowest BCUT2D eigenvalue weighted by Gasteiger charge is -2.22. The Morgan fingerprint density at radius 2 is 1.80 bits per heavy atom. The number of anilines is 1. The second-order valence-corrected chi connectivity index (χ2v) is 8.81. The smallest absolute Gasteiger partial charge is 0.237 e. The number of aromatic nitrogens is 4. The zero-order valence-corrected chi connectivity index (χ0v) is 20.2. The predicted octanol–water partition coefficient (Wildman–Crippen LogP) is 5.12. The molecule has 0 atom stereocenters. The summed E-state index contributed by atoms with van der Waals surface area (Å²) in [5.74, 6) is 0.156. The number of carbonyl (C=O) groups is 1. The van der Waals surface area contributed by atoms with Crippen molar-refractivity contribution in [2.75, 3.05) is 17.2 Å². The van der Waals surface area contributed by atoms with E-state index in [2.05, 4.69) is 21.3 Å². The second kappa shape index (κ2) is 10.9. The number of rotatable bonds is 8. The van der Waals surface area contributed by atoms with Gasteiger partial charge in [0, 0.05) is 35.9 Å². The Morgan fingerprint density at radius 1 is 1.06 bits per heavy atom. The van der Waals surface area contributed by atoms with Crippen molar-refractivity contribution in [1.82, 2.24) is 19.7 Å². The van der Waals surface area contributed by atoms with Crippen LogP contribution in [0.4, 0.5) is 10.1 Å². The van der Waals surface area contributed by atoms with E-state index in [9.17, 15) is 9.18 Å². The van der Waals surface area contributed by atoms with Gasteiger partial charge in [-0.15, -0.1) is 10.2 Å². The average molecular weight is 487 g/mol. The number of nitriles is 1. The summed E-state index contributed by atoms with van der Waals surface area (Å²) in [6, 6.07) is 17.6. The van der Waals surface area contributed by atoms with Gasteiger partial charge in [-0.05, 0) is 73.5 Å².